The van der Waals surface area contributed by atoms with E-state index in [1.165, 1.54) is 21.0 Å². The van der Waals surface area contributed by atoms with E-state index in [9.17, 15) is 14.4 Å². The summed E-state index contributed by atoms with van der Waals surface area (Å²) >= 11 is 0. The Hall–Kier alpha value is -2.53. The first-order valence-corrected chi connectivity index (χ1v) is 12.0. The van der Waals surface area contributed by atoms with Crippen LogP contribution in [0.25, 0.3) is 0 Å². The second-order valence-electron chi connectivity index (χ2n) is 8.82. The van der Waals surface area contributed by atoms with E-state index in [0.717, 1.165) is 12.0 Å². The van der Waals surface area contributed by atoms with Gasteiger partial charge in [0, 0.05) is 46.8 Å². The van der Waals surface area contributed by atoms with E-state index in [1.807, 2.05) is 30.3 Å². The molecule has 0 N–H and O–H groups in total. The third-order valence-corrected chi connectivity index (χ3v) is 5.93. The molecule has 2 heterocycles. The molecule has 0 saturated carbocycles. The molecular formula is C26H38O10. The molecule has 36 heavy (non-hydrogen) atoms. The van der Waals surface area contributed by atoms with Crippen LogP contribution in [0.3, 0.4) is 0 Å². The van der Waals surface area contributed by atoms with Gasteiger partial charge in [-0.3, -0.25) is 9.59 Å². The Morgan fingerprint density at radius 1 is 0.861 bits per heavy atom. The fraction of sp³-hybridized carbons (Fsp3) is 0.654. The maximum absolute atomic E-state index is 12.1. The first-order valence-electron chi connectivity index (χ1n) is 12.0. The van der Waals surface area contributed by atoms with Crippen molar-refractivity contribution in [1.29, 1.82) is 0 Å². The number of esters is 3. The summed E-state index contributed by atoms with van der Waals surface area (Å²) < 4.78 is 36.8. The van der Waals surface area contributed by atoms with Crippen LogP contribution in [0.4, 0.5) is 0 Å². The third-order valence-electron chi connectivity index (χ3n) is 5.93. The maximum Gasteiger partial charge on any atom is 0.335 e. The van der Waals surface area contributed by atoms with Crippen LogP contribution >= 0.6 is 0 Å². The number of hydrogen-bond donors (Lipinski definition) is 0. The molecule has 2 aliphatic rings. The topological polar surface area (TPSA) is 116 Å². The van der Waals surface area contributed by atoms with Crippen LogP contribution in [0.5, 0.6) is 0 Å². The molecule has 1 aromatic rings. The maximum atomic E-state index is 12.1. The van der Waals surface area contributed by atoms with Crippen molar-refractivity contribution in [2.75, 3.05) is 34.0 Å². The Balaban J connectivity index is 0.000000281. The molecule has 4 unspecified atom stereocenters. The molecule has 6 atom stereocenters. The van der Waals surface area contributed by atoms with Gasteiger partial charge in [-0.1, -0.05) is 37.3 Å². The Morgan fingerprint density at radius 2 is 1.56 bits per heavy atom. The van der Waals surface area contributed by atoms with Gasteiger partial charge in [-0.05, 0) is 5.56 Å². The number of carbonyl (C=O) groups is 3. The molecule has 2 fully saturated rings. The summed E-state index contributed by atoms with van der Waals surface area (Å²) in [6, 6.07) is 9.41. The fourth-order valence-electron chi connectivity index (χ4n) is 3.92. The lowest BCUT2D eigenvalue weighted by atomic mass is 9.97. The third kappa shape index (κ3) is 10.2. The smallest absolute Gasteiger partial charge is 0.335 e. The monoisotopic (exact) mass is 510 g/mol. The van der Waals surface area contributed by atoms with Crippen LogP contribution in [-0.4, -0.2) is 82.5 Å². The Kier molecular flexibility index (Phi) is 12.8. The van der Waals surface area contributed by atoms with Gasteiger partial charge in [0.1, 0.15) is 13.2 Å². The summed E-state index contributed by atoms with van der Waals surface area (Å²) in [6.45, 7) is 6.14. The lowest BCUT2D eigenvalue weighted by molar-refractivity contribution is -0.189. The van der Waals surface area contributed by atoms with Crippen molar-refractivity contribution in [3.05, 3.63) is 35.9 Å². The van der Waals surface area contributed by atoms with Crippen molar-refractivity contribution in [3.8, 4) is 0 Å². The van der Waals surface area contributed by atoms with Gasteiger partial charge in [-0.2, -0.15) is 0 Å². The van der Waals surface area contributed by atoms with E-state index >= 15 is 0 Å². The summed E-state index contributed by atoms with van der Waals surface area (Å²) in [6.07, 6.45) is -0.301. The molecule has 0 aromatic heterocycles. The molecular weight excluding hydrogens is 472 g/mol. The molecule has 2 aliphatic heterocycles. The number of hydrogen-bond acceptors (Lipinski definition) is 10. The van der Waals surface area contributed by atoms with Gasteiger partial charge < -0.3 is 33.2 Å². The molecule has 0 radical (unpaired) electrons. The second kappa shape index (κ2) is 15.6. The molecule has 0 amide bonds. The summed E-state index contributed by atoms with van der Waals surface area (Å²) in [5.41, 5.74) is 0.910. The van der Waals surface area contributed by atoms with Gasteiger partial charge in [0.2, 0.25) is 0 Å². The van der Waals surface area contributed by atoms with Crippen LogP contribution < -0.4 is 0 Å². The highest BCUT2D eigenvalue weighted by molar-refractivity contribution is 5.75. The van der Waals surface area contributed by atoms with Crippen LogP contribution in [0, 0.1) is 5.92 Å². The van der Waals surface area contributed by atoms with Crippen LogP contribution in [0.15, 0.2) is 30.3 Å². The molecule has 10 heteroatoms. The van der Waals surface area contributed by atoms with Crippen molar-refractivity contribution >= 4 is 17.9 Å². The van der Waals surface area contributed by atoms with Gasteiger partial charge >= 0.3 is 17.9 Å². The van der Waals surface area contributed by atoms with Gasteiger partial charge in [0.25, 0.3) is 0 Å². The Labute approximate surface area is 212 Å². The van der Waals surface area contributed by atoms with Crippen molar-refractivity contribution in [2.45, 2.75) is 70.7 Å². The highest BCUT2D eigenvalue weighted by Gasteiger charge is 2.37. The van der Waals surface area contributed by atoms with E-state index < -0.39 is 24.1 Å². The van der Waals surface area contributed by atoms with E-state index in [4.69, 9.17) is 33.2 Å². The minimum Gasteiger partial charge on any atom is -0.463 e. The number of carbonyl (C=O) groups excluding carboxylic acids is 3. The summed E-state index contributed by atoms with van der Waals surface area (Å²) in [4.78, 5) is 33.7. The minimum atomic E-state index is -0.708. The zero-order valence-electron chi connectivity index (χ0n) is 21.7. The summed E-state index contributed by atoms with van der Waals surface area (Å²) in [7, 11) is 3.22. The fourth-order valence-corrected chi connectivity index (χ4v) is 3.92. The average Bonchev–Trinajstić information content (AvgIpc) is 2.87. The molecule has 1 aromatic carbocycles. The van der Waals surface area contributed by atoms with E-state index in [-0.39, 0.29) is 37.5 Å². The SMILES string of the molecule is CO[C@@H]1CC(C(=O)OCc2ccccc2)OCC1OC(C)=O.CO[C@@H]1CC(COC(C)=O)OCC1C. The van der Waals surface area contributed by atoms with Gasteiger partial charge in [0.15, 0.2) is 12.2 Å². The summed E-state index contributed by atoms with van der Waals surface area (Å²) in [5.74, 6) is -0.692. The molecule has 10 nitrogen and oxygen atoms in total. The average molecular weight is 511 g/mol. The van der Waals surface area contributed by atoms with Gasteiger partial charge in [-0.25, -0.2) is 4.79 Å². The first kappa shape index (κ1) is 29.7. The molecule has 0 aliphatic carbocycles. The molecule has 0 bridgehead atoms. The van der Waals surface area contributed by atoms with Gasteiger partial charge in [0.05, 0.1) is 31.5 Å². The molecule has 0 spiro atoms. The van der Waals surface area contributed by atoms with E-state index in [1.54, 1.807) is 7.11 Å². The van der Waals surface area contributed by atoms with Crippen molar-refractivity contribution in [2.24, 2.45) is 5.92 Å². The van der Waals surface area contributed by atoms with Crippen molar-refractivity contribution < 1.29 is 47.5 Å². The first-order chi connectivity index (χ1) is 17.2. The second-order valence-corrected chi connectivity index (χ2v) is 8.82. The largest absolute Gasteiger partial charge is 0.463 e. The predicted molar refractivity (Wildman–Crippen MR) is 128 cm³/mol. The van der Waals surface area contributed by atoms with E-state index in [2.05, 4.69) is 6.92 Å². The molecule has 3 rings (SSSR count). The highest BCUT2D eigenvalue weighted by atomic mass is 16.6. The Bertz CT molecular complexity index is 814. The quantitative estimate of drug-likeness (QED) is 0.381. The van der Waals surface area contributed by atoms with Crippen molar-refractivity contribution in [1.82, 2.24) is 0 Å². The number of rotatable bonds is 8. The highest BCUT2D eigenvalue weighted by Crippen LogP contribution is 2.22. The van der Waals surface area contributed by atoms with Crippen LogP contribution in [-0.2, 0) is 54.1 Å². The van der Waals surface area contributed by atoms with Crippen molar-refractivity contribution in [3.63, 3.8) is 0 Å². The van der Waals surface area contributed by atoms with Crippen LogP contribution in [0.1, 0.15) is 39.2 Å². The zero-order valence-corrected chi connectivity index (χ0v) is 21.7. The minimum absolute atomic E-state index is 0.0138. The van der Waals surface area contributed by atoms with Crippen LogP contribution in [0.2, 0.25) is 0 Å². The molecule has 2 saturated heterocycles. The number of benzene rings is 1. The van der Waals surface area contributed by atoms with Gasteiger partial charge in [-0.15, -0.1) is 0 Å². The lowest BCUT2D eigenvalue weighted by Gasteiger charge is -2.33. The normalized spacial score (nSPS) is 27.7. The standard InChI is InChI=1S/C16H20O6.C10H18O4/c1-11(17)22-15-10-20-14(8-13(15)19-2)16(18)21-9-12-6-4-3-5-7-12;1-7-5-14-9(4-10(7)12-3)6-13-8(2)11/h3-7,13-15H,8-10H2,1-2H3;7,9-10H,4-6H2,1-3H3/t13-,14?,15?;7?,9?,10-/m11/s1. The van der Waals surface area contributed by atoms with E-state index in [0.29, 0.717) is 25.6 Å². The summed E-state index contributed by atoms with van der Waals surface area (Å²) in [5, 5.41) is 0. The Morgan fingerprint density at radius 3 is 2.17 bits per heavy atom. The number of methoxy groups -OCH3 is 2. The molecule has 202 valence electrons. The lowest BCUT2D eigenvalue weighted by Crippen LogP contribution is -2.47. The predicted octanol–water partition coefficient (Wildman–Crippen LogP) is 2.45. The zero-order chi connectivity index (χ0) is 26.5. The number of ether oxygens (including phenoxy) is 7.